The quantitative estimate of drug-likeness (QED) is 0.670. The molecule has 0 aromatic rings. The van der Waals surface area contributed by atoms with Gasteiger partial charge in [0.1, 0.15) is 0 Å². The van der Waals surface area contributed by atoms with Crippen LogP contribution in [0.4, 0.5) is 0 Å². The predicted octanol–water partition coefficient (Wildman–Crippen LogP) is 0.839. The van der Waals surface area contributed by atoms with Crippen molar-refractivity contribution < 1.29 is 4.79 Å². The molecule has 4 heteroatoms. The van der Waals surface area contributed by atoms with Gasteiger partial charge in [-0.3, -0.25) is 4.79 Å². The van der Waals surface area contributed by atoms with Crippen molar-refractivity contribution in [2.45, 2.75) is 19.8 Å². The normalized spacial score (nSPS) is 18.4. The summed E-state index contributed by atoms with van der Waals surface area (Å²) in [5.74, 6) is -0.219. The Labute approximate surface area is 85.2 Å². The maximum Gasteiger partial charge on any atom is 0.220 e. The molecule has 1 aliphatic rings. The van der Waals surface area contributed by atoms with Crippen molar-refractivity contribution in [3.05, 3.63) is 11.6 Å². The molecule has 1 unspecified atom stereocenters. The highest BCUT2D eigenvalue weighted by molar-refractivity contribution is 5.85. The molecule has 1 amide bonds. The first-order valence-corrected chi connectivity index (χ1v) is 4.38. The summed E-state index contributed by atoms with van der Waals surface area (Å²) < 4.78 is 0. The molecule has 0 aromatic heterocycles. The Morgan fingerprint density at radius 2 is 2.46 bits per heavy atom. The second kappa shape index (κ2) is 6.00. The number of rotatable bonds is 3. The van der Waals surface area contributed by atoms with E-state index >= 15 is 0 Å². The zero-order valence-corrected chi connectivity index (χ0v) is 8.69. The van der Waals surface area contributed by atoms with Crippen molar-refractivity contribution in [2.24, 2.45) is 11.7 Å². The van der Waals surface area contributed by atoms with Gasteiger partial charge in [-0.1, -0.05) is 18.6 Å². The van der Waals surface area contributed by atoms with Gasteiger partial charge in [0.15, 0.2) is 0 Å². The maximum absolute atomic E-state index is 10.8. The van der Waals surface area contributed by atoms with Crippen molar-refractivity contribution in [2.75, 3.05) is 13.1 Å². The Morgan fingerprint density at radius 3 is 2.92 bits per heavy atom. The minimum Gasteiger partial charge on any atom is -0.369 e. The summed E-state index contributed by atoms with van der Waals surface area (Å²) in [7, 11) is 0. The van der Waals surface area contributed by atoms with Crippen molar-refractivity contribution in [1.29, 1.82) is 0 Å². The van der Waals surface area contributed by atoms with Crippen LogP contribution in [0, 0.1) is 5.92 Å². The van der Waals surface area contributed by atoms with Crippen LogP contribution < -0.4 is 11.1 Å². The van der Waals surface area contributed by atoms with Gasteiger partial charge >= 0.3 is 0 Å². The molecule has 0 aliphatic carbocycles. The van der Waals surface area contributed by atoms with Gasteiger partial charge in [0, 0.05) is 12.5 Å². The number of hydrogen-bond donors (Lipinski definition) is 2. The Morgan fingerprint density at radius 1 is 1.77 bits per heavy atom. The van der Waals surface area contributed by atoms with Gasteiger partial charge in [-0.15, -0.1) is 12.4 Å². The summed E-state index contributed by atoms with van der Waals surface area (Å²) >= 11 is 0. The highest BCUT2D eigenvalue weighted by Gasteiger charge is 2.12. The van der Waals surface area contributed by atoms with Gasteiger partial charge in [0.2, 0.25) is 5.91 Å². The third-order valence-electron chi connectivity index (χ3n) is 2.21. The lowest BCUT2D eigenvalue weighted by atomic mass is 9.97. The summed E-state index contributed by atoms with van der Waals surface area (Å²) in [5, 5.41) is 3.22. The molecule has 0 radical (unpaired) electrons. The first-order chi connectivity index (χ1) is 5.70. The van der Waals surface area contributed by atoms with Crippen molar-refractivity contribution in [1.82, 2.24) is 5.32 Å². The smallest absolute Gasteiger partial charge is 0.220 e. The van der Waals surface area contributed by atoms with Gasteiger partial charge in [0.05, 0.1) is 0 Å². The van der Waals surface area contributed by atoms with E-state index in [4.69, 9.17) is 5.73 Å². The topological polar surface area (TPSA) is 55.1 Å². The van der Waals surface area contributed by atoms with E-state index in [1.807, 2.05) is 6.92 Å². The van der Waals surface area contributed by atoms with Crippen LogP contribution in [0.1, 0.15) is 19.8 Å². The third kappa shape index (κ3) is 4.29. The van der Waals surface area contributed by atoms with E-state index < -0.39 is 0 Å². The number of primary amides is 1. The standard InChI is InChI=1S/C9H16N2O.ClH/c1-7(9(10)12)6-8-2-4-11-5-3-8;/h2,7,11H,3-6H2,1H3,(H2,10,12);1H. The van der Waals surface area contributed by atoms with E-state index in [1.165, 1.54) is 5.57 Å². The molecular formula is C9H17ClN2O. The number of nitrogens with one attached hydrogen (secondary N) is 1. The number of amides is 1. The Kier molecular flexibility index (Phi) is 5.75. The highest BCUT2D eigenvalue weighted by atomic mass is 35.5. The molecule has 1 atom stereocenters. The average Bonchev–Trinajstić information content (AvgIpc) is 2.06. The molecular weight excluding hydrogens is 188 g/mol. The fraction of sp³-hybridized carbons (Fsp3) is 0.667. The van der Waals surface area contributed by atoms with Crippen LogP contribution in [0.25, 0.3) is 0 Å². The number of carbonyl (C=O) groups excluding carboxylic acids is 1. The molecule has 3 nitrogen and oxygen atoms in total. The van der Waals surface area contributed by atoms with Crippen LogP contribution in [0.3, 0.4) is 0 Å². The zero-order chi connectivity index (χ0) is 8.97. The molecule has 0 saturated heterocycles. The average molecular weight is 205 g/mol. The van der Waals surface area contributed by atoms with E-state index in [-0.39, 0.29) is 24.2 Å². The molecule has 0 saturated carbocycles. The van der Waals surface area contributed by atoms with Gasteiger partial charge in [-0.25, -0.2) is 0 Å². The van der Waals surface area contributed by atoms with E-state index in [0.29, 0.717) is 0 Å². The fourth-order valence-electron chi connectivity index (χ4n) is 1.35. The van der Waals surface area contributed by atoms with Gasteiger partial charge in [-0.05, 0) is 19.4 Å². The minimum absolute atomic E-state index is 0. The first kappa shape index (κ1) is 12.5. The maximum atomic E-state index is 10.8. The van der Waals surface area contributed by atoms with Crippen molar-refractivity contribution in [3.63, 3.8) is 0 Å². The highest BCUT2D eigenvalue weighted by Crippen LogP contribution is 2.15. The largest absolute Gasteiger partial charge is 0.369 e. The molecule has 0 spiro atoms. The lowest BCUT2D eigenvalue weighted by molar-refractivity contribution is -0.121. The molecule has 1 heterocycles. The molecule has 3 N–H and O–H groups in total. The first-order valence-electron chi connectivity index (χ1n) is 4.38. The lowest BCUT2D eigenvalue weighted by Gasteiger charge is -2.15. The molecule has 0 fully saturated rings. The van der Waals surface area contributed by atoms with E-state index in [9.17, 15) is 4.79 Å². The van der Waals surface area contributed by atoms with Crippen LogP contribution in [-0.2, 0) is 4.79 Å². The summed E-state index contributed by atoms with van der Waals surface area (Å²) in [6, 6.07) is 0. The number of nitrogens with two attached hydrogens (primary N) is 1. The third-order valence-corrected chi connectivity index (χ3v) is 2.21. The van der Waals surface area contributed by atoms with Gasteiger partial charge < -0.3 is 11.1 Å². The summed E-state index contributed by atoms with van der Waals surface area (Å²) in [6.07, 6.45) is 4.04. The van der Waals surface area contributed by atoms with Crippen LogP contribution in [0.2, 0.25) is 0 Å². The van der Waals surface area contributed by atoms with E-state index in [2.05, 4.69) is 11.4 Å². The summed E-state index contributed by atoms with van der Waals surface area (Å²) in [4.78, 5) is 10.8. The van der Waals surface area contributed by atoms with Gasteiger partial charge in [0.25, 0.3) is 0 Å². The second-order valence-corrected chi connectivity index (χ2v) is 3.32. The molecule has 1 rings (SSSR count). The number of halogens is 1. The molecule has 1 aliphatic heterocycles. The van der Waals surface area contributed by atoms with Crippen molar-refractivity contribution in [3.8, 4) is 0 Å². The molecule has 0 bridgehead atoms. The van der Waals surface area contributed by atoms with Crippen molar-refractivity contribution >= 4 is 18.3 Å². The molecule has 13 heavy (non-hydrogen) atoms. The molecule has 76 valence electrons. The van der Waals surface area contributed by atoms with Crippen LogP contribution in [0.5, 0.6) is 0 Å². The Balaban J connectivity index is 0.00000144. The van der Waals surface area contributed by atoms with E-state index in [0.717, 1.165) is 25.9 Å². The van der Waals surface area contributed by atoms with Crippen LogP contribution in [0.15, 0.2) is 11.6 Å². The lowest BCUT2D eigenvalue weighted by Crippen LogP contribution is -2.24. The molecule has 0 aromatic carbocycles. The van der Waals surface area contributed by atoms with E-state index in [1.54, 1.807) is 0 Å². The SMILES string of the molecule is CC(CC1=CCNCC1)C(N)=O.Cl. The van der Waals surface area contributed by atoms with Crippen LogP contribution >= 0.6 is 12.4 Å². The summed E-state index contributed by atoms with van der Waals surface area (Å²) in [6.45, 7) is 3.84. The Bertz CT molecular complexity index is 204. The van der Waals surface area contributed by atoms with Gasteiger partial charge in [-0.2, -0.15) is 0 Å². The zero-order valence-electron chi connectivity index (χ0n) is 7.88. The predicted molar refractivity (Wildman–Crippen MR) is 55.8 cm³/mol. The number of hydrogen-bond acceptors (Lipinski definition) is 2. The number of carbonyl (C=O) groups is 1. The fourth-order valence-corrected chi connectivity index (χ4v) is 1.35. The minimum atomic E-state index is -0.200. The monoisotopic (exact) mass is 204 g/mol. The van der Waals surface area contributed by atoms with Crippen LogP contribution in [-0.4, -0.2) is 19.0 Å². The second-order valence-electron chi connectivity index (χ2n) is 3.32. The Hall–Kier alpha value is -0.540. The summed E-state index contributed by atoms with van der Waals surface area (Å²) in [5.41, 5.74) is 6.53.